The van der Waals surface area contributed by atoms with E-state index in [9.17, 15) is 4.79 Å². The lowest BCUT2D eigenvalue weighted by Crippen LogP contribution is -1.91. The highest BCUT2D eigenvalue weighted by atomic mass is 32.2. The fourth-order valence-electron chi connectivity index (χ4n) is 1.24. The second-order valence-electron chi connectivity index (χ2n) is 3.09. The summed E-state index contributed by atoms with van der Waals surface area (Å²) in [5.41, 5.74) is 0. The van der Waals surface area contributed by atoms with E-state index in [4.69, 9.17) is 0 Å². The first kappa shape index (κ1) is 9.74. The predicted molar refractivity (Wildman–Crippen MR) is 63.2 cm³/mol. The number of thiophene rings is 1. The summed E-state index contributed by atoms with van der Waals surface area (Å²) in [4.78, 5) is 12.1. The van der Waals surface area contributed by atoms with Crippen LogP contribution in [0.1, 0.15) is 6.92 Å². The third kappa shape index (κ3) is 1.99. The lowest BCUT2D eigenvalue weighted by molar-refractivity contribution is -0.114. The molecular weight excluding hydrogens is 212 g/mol. The summed E-state index contributed by atoms with van der Waals surface area (Å²) >= 11 is 3.36. The maximum absolute atomic E-state index is 10.9. The van der Waals surface area contributed by atoms with E-state index in [0.717, 1.165) is 0 Å². The van der Waals surface area contributed by atoms with Crippen LogP contribution in [0.4, 0.5) is 0 Å². The molecular formula is C11H10OS2. The highest BCUT2D eigenvalue weighted by molar-refractivity contribution is 8.00. The van der Waals surface area contributed by atoms with E-state index in [1.165, 1.54) is 15.0 Å². The second kappa shape index (κ2) is 4.15. The summed E-state index contributed by atoms with van der Waals surface area (Å²) in [6, 6.07) is 8.29. The third-order valence-corrected chi connectivity index (χ3v) is 4.19. The molecule has 0 saturated carbocycles. The summed E-state index contributed by atoms with van der Waals surface area (Å²) < 4.78 is 1.29. The van der Waals surface area contributed by atoms with Crippen LogP contribution >= 0.6 is 23.1 Å². The van der Waals surface area contributed by atoms with Gasteiger partial charge in [-0.1, -0.05) is 18.2 Å². The molecule has 72 valence electrons. The fraction of sp³-hybridized carbons (Fsp3) is 0.182. The van der Waals surface area contributed by atoms with Crippen LogP contribution in [0, 0.1) is 0 Å². The second-order valence-corrected chi connectivity index (χ2v) is 5.02. The Bertz CT molecular complexity index is 459. The minimum absolute atomic E-state index is 0.227. The van der Waals surface area contributed by atoms with Crippen LogP contribution in [-0.2, 0) is 4.79 Å². The lowest BCUT2D eigenvalue weighted by atomic mass is 10.3. The first-order valence-corrected chi connectivity index (χ1v) is 6.22. The molecule has 0 amide bonds. The molecule has 0 aliphatic rings. The van der Waals surface area contributed by atoms with Crippen molar-refractivity contribution in [2.24, 2.45) is 0 Å². The van der Waals surface area contributed by atoms with Crippen LogP contribution in [0.2, 0.25) is 0 Å². The molecule has 0 fully saturated rings. The Morgan fingerprint density at radius 2 is 2.21 bits per heavy atom. The maximum atomic E-state index is 10.9. The molecule has 0 aliphatic carbocycles. The topological polar surface area (TPSA) is 17.1 Å². The molecule has 3 heteroatoms. The maximum Gasteiger partial charge on any atom is 0.140 e. The van der Waals surface area contributed by atoms with Gasteiger partial charge in [0.15, 0.2) is 0 Å². The number of thioether (sulfide) groups is 1. The van der Waals surface area contributed by atoms with Gasteiger partial charge in [-0.2, -0.15) is 0 Å². The van der Waals surface area contributed by atoms with Crippen molar-refractivity contribution in [2.75, 3.05) is 5.75 Å². The average molecular weight is 222 g/mol. The van der Waals surface area contributed by atoms with E-state index >= 15 is 0 Å². The number of benzene rings is 1. The third-order valence-electron chi connectivity index (χ3n) is 1.88. The van der Waals surface area contributed by atoms with Gasteiger partial charge in [0.25, 0.3) is 0 Å². The minimum atomic E-state index is 0.227. The number of fused-ring (bicyclic) bond motifs is 1. The smallest absolute Gasteiger partial charge is 0.140 e. The van der Waals surface area contributed by atoms with Gasteiger partial charge in [-0.05, 0) is 13.0 Å². The van der Waals surface area contributed by atoms with E-state index in [1.54, 1.807) is 30.0 Å². The van der Waals surface area contributed by atoms with E-state index in [2.05, 4.69) is 17.5 Å². The molecule has 1 aromatic heterocycles. The lowest BCUT2D eigenvalue weighted by Gasteiger charge is -1.95. The van der Waals surface area contributed by atoms with Gasteiger partial charge < -0.3 is 0 Å². The van der Waals surface area contributed by atoms with Crippen LogP contribution < -0.4 is 0 Å². The van der Waals surface area contributed by atoms with Crippen LogP contribution in [-0.4, -0.2) is 11.5 Å². The van der Waals surface area contributed by atoms with E-state index in [-0.39, 0.29) is 5.78 Å². The van der Waals surface area contributed by atoms with Gasteiger partial charge in [0, 0.05) is 20.4 Å². The summed E-state index contributed by atoms with van der Waals surface area (Å²) in [5, 5.41) is 3.39. The van der Waals surface area contributed by atoms with Crippen molar-refractivity contribution in [1.82, 2.24) is 0 Å². The van der Waals surface area contributed by atoms with Crippen molar-refractivity contribution < 1.29 is 4.79 Å². The van der Waals surface area contributed by atoms with Crippen LogP contribution in [0.15, 0.2) is 34.5 Å². The van der Waals surface area contributed by atoms with Gasteiger partial charge in [0.05, 0.1) is 5.75 Å². The zero-order valence-corrected chi connectivity index (χ0v) is 9.45. The number of hydrogen-bond acceptors (Lipinski definition) is 3. The minimum Gasteiger partial charge on any atom is -0.299 e. The first-order valence-electron chi connectivity index (χ1n) is 4.36. The van der Waals surface area contributed by atoms with Crippen LogP contribution in [0.5, 0.6) is 0 Å². The molecule has 0 unspecified atom stereocenters. The largest absolute Gasteiger partial charge is 0.299 e. The standard InChI is InChI=1S/C11H10OS2/c1-8(12)6-13-11-7-14-10-5-3-2-4-9(10)11/h2-5,7H,6H2,1H3. The van der Waals surface area contributed by atoms with Crippen molar-refractivity contribution in [3.05, 3.63) is 29.6 Å². The molecule has 0 bridgehead atoms. The normalized spacial score (nSPS) is 10.6. The van der Waals surface area contributed by atoms with Crippen molar-refractivity contribution in [3.8, 4) is 0 Å². The monoisotopic (exact) mass is 222 g/mol. The molecule has 0 aliphatic heterocycles. The van der Waals surface area contributed by atoms with Gasteiger partial charge in [0.2, 0.25) is 0 Å². The SMILES string of the molecule is CC(=O)CSc1csc2ccccc12. The summed E-state index contributed by atoms with van der Waals surface area (Å²) in [6.07, 6.45) is 0. The molecule has 14 heavy (non-hydrogen) atoms. The van der Waals surface area contributed by atoms with Gasteiger partial charge in [-0.25, -0.2) is 0 Å². The Morgan fingerprint density at radius 1 is 1.43 bits per heavy atom. The molecule has 1 aromatic carbocycles. The Balaban J connectivity index is 2.29. The van der Waals surface area contributed by atoms with Crippen LogP contribution in [0.3, 0.4) is 0 Å². The van der Waals surface area contributed by atoms with E-state index in [0.29, 0.717) is 5.75 Å². The fourth-order valence-corrected chi connectivity index (χ4v) is 3.24. The Labute approximate surface area is 91.1 Å². The Morgan fingerprint density at radius 3 is 3.00 bits per heavy atom. The number of carbonyl (C=O) groups excluding carboxylic acids is 1. The number of rotatable bonds is 3. The molecule has 0 spiro atoms. The molecule has 0 N–H and O–H groups in total. The summed E-state index contributed by atoms with van der Waals surface area (Å²) in [5.74, 6) is 0.797. The molecule has 2 aromatic rings. The number of hydrogen-bond donors (Lipinski definition) is 0. The van der Waals surface area contributed by atoms with Gasteiger partial charge in [-0.3, -0.25) is 4.79 Å². The molecule has 1 heterocycles. The molecule has 0 saturated heterocycles. The zero-order chi connectivity index (χ0) is 9.97. The number of ketones is 1. The summed E-state index contributed by atoms with van der Waals surface area (Å²) in [6.45, 7) is 1.63. The van der Waals surface area contributed by atoms with Crippen LogP contribution in [0.25, 0.3) is 10.1 Å². The van der Waals surface area contributed by atoms with E-state index < -0.39 is 0 Å². The van der Waals surface area contributed by atoms with Gasteiger partial charge in [0.1, 0.15) is 5.78 Å². The highest BCUT2D eigenvalue weighted by Crippen LogP contribution is 2.32. The van der Waals surface area contributed by atoms with Crippen molar-refractivity contribution in [1.29, 1.82) is 0 Å². The van der Waals surface area contributed by atoms with Crippen molar-refractivity contribution in [3.63, 3.8) is 0 Å². The van der Waals surface area contributed by atoms with Crippen molar-refractivity contribution in [2.45, 2.75) is 11.8 Å². The molecule has 0 radical (unpaired) electrons. The molecule has 2 rings (SSSR count). The summed E-state index contributed by atoms with van der Waals surface area (Å²) in [7, 11) is 0. The van der Waals surface area contributed by atoms with Gasteiger partial charge >= 0.3 is 0 Å². The predicted octanol–water partition coefficient (Wildman–Crippen LogP) is 3.58. The number of Topliss-reactive ketones (excluding diaryl/α,β-unsaturated/α-hetero) is 1. The molecule has 0 atom stereocenters. The Hall–Kier alpha value is -0.800. The molecule has 1 nitrogen and oxygen atoms in total. The highest BCUT2D eigenvalue weighted by Gasteiger charge is 2.04. The average Bonchev–Trinajstić information content (AvgIpc) is 2.58. The number of carbonyl (C=O) groups is 1. The van der Waals surface area contributed by atoms with Crippen molar-refractivity contribution >= 4 is 39.0 Å². The van der Waals surface area contributed by atoms with E-state index in [1.807, 2.05) is 12.1 Å². The Kier molecular flexibility index (Phi) is 2.89. The first-order chi connectivity index (χ1) is 6.77. The zero-order valence-electron chi connectivity index (χ0n) is 7.82. The van der Waals surface area contributed by atoms with Gasteiger partial charge in [-0.15, -0.1) is 23.1 Å². The quantitative estimate of drug-likeness (QED) is 0.738.